The Morgan fingerprint density at radius 3 is 2.11 bits per heavy atom. The van der Waals surface area contributed by atoms with Gasteiger partial charge in [-0.05, 0) is 48.8 Å². The summed E-state index contributed by atoms with van der Waals surface area (Å²) in [4.78, 5) is 13.0. The molecule has 1 saturated heterocycles. The van der Waals surface area contributed by atoms with Crippen molar-refractivity contribution in [2.45, 2.75) is 39.2 Å². The fourth-order valence-corrected chi connectivity index (χ4v) is 5.34. The van der Waals surface area contributed by atoms with Gasteiger partial charge in [-0.2, -0.15) is 0 Å². The Balaban J connectivity index is 0.00000507. The lowest BCUT2D eigenvalue weighted by molar-refractivity contribution is -0.916. The minimum absolute atomic E-state index is 0. The maximum absolute atomic E-state index is 13.0. The van der Waals surface area contributed by atoms with Crippen molar-refractivity contribution in [3.63, 3.8) is 0 Å². The van der Waals surface area contributed by atoms with Gasteiger partial charge in [0.05, 0.1) is 69.8 Å². The van der Waals surface area contributed by atoms with Crippen molar-refractivity contribution in [2.24, 2.45) is 11.8 Å². The van der Waals surface area contributed by atoms with E-state index in [1.165, 1.54) is 5.56 Å². The number of nitrogens with one attached hydrogen (secondary N) is 2. The van der Waals surface area contributed by atoms with Crippen LogP contribution < -0.4 is 37.3 Å². The topological polar surface area (TPSA) is 68.8 Å². The highest BCUT2D eigenvalue weighted by atomic mass is 35.5. The van der Waals surface area contributed by atoms with Gasteiger partial charge in [0, 0.05) is 12.1 Å². The van der Waals surface area contributed by atoms with Crippen LogP contribution in [-0.2, 0) is 6.42 Å². The lowest BCUT2D eigenvalue weighted by atomic mass is 9.88. The van der Waals surface area contributed by atoms with Crippen molar-refractivity contribution in [3.8, 4) is 17.2 Å². The molecular formula is C28H40Cl3N3O4. The van der Waals surface area contributed by atoms with E-state index in [2.05, 4.69) is 37.6 Å². The predicted molar refractivity (Wildman–Crippen MR) is 151 cm³/mol. The second-order valence-electron chi connectivity index (χ2n) is 10.5. The second kappa shape index (κ2) is 14.4. The molecule has 0 aromatic heterocycles. The number of methoxy groups -OCH3 is 3. The number of ether oxygens (including phenoxy) is 3. The van der Waals surface area contributed by atoms with Crippen molar-refractivity contribution in [1.82, 2.24) is 5.32 Å². The van der Waals surface area contributed by atoms with E-state index >= 15 is 0 Å². The number of quaternary nitrogens is 1. The molecule has 1 atom stereocenters. The number of nitrogens with zero attached hydrogens (tertiary/aromatic N) is 1. The number of carbonyl (C=O) groups excluding carboxylic acids is 1. The number of benzene rings is 2. The van der Waals surface area contributed by atoms with Crippen LogP contribution in [0.25, 0.3) is 0 Å². The molecule has 1 heterocycles. The molecule has 2 aromatic rings. The summed E-state index contributed by atoms with van der Waals surface area (Å²) in [5, 5.41) is 7.34. The summed E-state index contributed by atoms with van der Waals surface area (Å²) >= 11 is 12.3. The van der Waals surface area contributed by atoms with Crippen molar-refractivity contribution in [3.05, 3.63) is 45.9 Å². The zero-order chi connectivity index (χ0) is 27.2. The molecule has 0 aliphatic carbocycles. The van der Waals surface area contributed by atoms with Gasteiger partial charge in [-0.3, -0.25) is 0 Å². The van der Waals surface area contributed by atoms with Gasteiger partial charge < -0.3 is 41.7 Å². The summed E-state index contributed by atoms with van der Waals surface area (Å²) in [7, 11) is 6.94. The van der Waals surface area contributed by atoms with Crippen LogP contribution in [0.2, 0.25) is 10.0 Å². The highest BCUT2D eigenvalue weighted by Gasteiger charge is 2.34. The van der Waals surface area contributed by atoms with Crippen LogP contribution in [0.5, 0.6) is 17.2 Å². The second-order valence-corrected chi connectivity index (χ2v) is 11.3. The van der Waals surface area contributed by atoms with Crippen molar-refractivity contribution >= 4 is 34.9 Å². The molecule has 212 valence electrons. The molecule has 3 rings (SSSR count). The molecule has 1 fully saturated rings. The summed E-state index contributed by atoms with van der Waals surface area (Å²) in [5.41, 5.74) is 1.80. The number of piperidine rings is 1. The molecule has 1 aliphatic rings. The average molecular weight is 589 g/mol. The number of carbonyl (C=O) groups is 1. The molecule has 2 N–H and O–H groups in total. The molecule has 0 saturated carbocycles. The number of rotatable bonds is 10. The first-order chi connectivity index (χ1) is 17.6. The van der Waals surface area contributed by atoms with Gasteiger partial charge >= 0.3 is 6.03 Å². The monoisotopic (exact) mass is 587 g/mol. The number of urea groups is 1. The molecule has 0 radical (unpaired) electrons. The van der Waals surface area contributed by atoms with Crippen LogP contribution in [-0.4, -0.2) is 64.6 Å². The maximum Gasteiger partial charge on any atom is 0.319 e. The van der Waals surface area contributed by atoms with E-state index in [9.17, 15) is 4.79 Å². The Morgan fingerprint density at radius 1 is 1.00 bits per heavy atom. The van der Waals surface area contributed by atoms with Crippen molar-refractivity contribution < 1.29 is 35.9 Å². The van der Waals surface area contributed by atoms with Crippen LogP contribution in [0.15, 0.2) is 30.3 Å². The van der Waals surface area contributed by atoms with Gasteiger partial charge in [0.2, 0.25) is 5.75 Å². The van der Waals surface area contributed by atoms with Crippen molar-refractivity contribution in [2.75, 3.05) is 53.3 Å². The average Bonchev–Trinajstić information content (AvgIpc) is 2.86. The van der Waals surface area contributed by atoms with E-state index in [1.807, 2.05) is 12.1 Å². The van der Waals surface area contributed by atoms with E-state index in [-0.39, 0.29) is 30.4 Å². The first kappa shape index (κ1) is 32.2. The fourth-order valence-electron chi connectivity index (χ4n) is 5.02. The van der Waals surface area contributed by atoms with E-state index < -0.39 is 0 Å². The van der Waals surface area contributed by atoms with Crippen LogP contribution in [0.3, 0.4) is 0 Å². The van der Waals surface area contributed by atoms with Gasteiger partial charge in [0.15, 0.2) is 11.5 Å². The Labute approximate surface area is 243 Å². The summed E-state index contributed by atoms with van der Waals surface area (Å²) in [6, 6.07) is 9.15. The fraction of sp³-hybridized carbons (Fsp3) is 0.536. The van der Waals surface area contributed by atoms with E-state index in [1.54, 1.807) is 33.5 Å². The molecule has 0 spiro atoms. The minimum Gasteiger partial charge on any atom is -1.00 e. The zero-order valence-electron chi connectivity index (χ0n) is 23.1. The van der Waals surface area contributed by atoms with Gasteiger partial charge in [-0.15, -0.1) is 0 Å². The Kier molecular flexibility index (Phi) is 12.2. The van der Waals surface area contributed by atoms with E-state index in [0.717, 1.165) is 43.4 Å². The molecule has 38 heavy (non-hydrogen) atoms. The molecule has 0 bridgehead atoms. The first-order valence-electron chi connectivity index (χ1n) is 12.7. The zero-order valence-corrected chi connectivity index (χ0v) is 25.3. The molecule has 2 aromatic carbocycles. The highest BCUT2D eigenvalue weighted by Crippen LogP contribution is 2.40. The van der Waals surface area contributed by atoms with Crippen molar-refractivity contribution in [1.29, 1.82) is 0 Å². The lowest BCUT2D eigenvalue weighted by Gasteiger charge is -2.43. The summed E-state index contributed by atoms with van der Waals surface area (Å²) in [6.45, 7) is 7.32. The maximum atomic E-state index is 13.0. The van der Waals surface area contributed by atoms with Crippen LogP contribution in [0.1, 0.15) is 32.3 Å². The largest absolute Gasteiger partial charge is 1.00 e. The molecule has 7 nitrogen and oxygen atoms in total. The molecular weight excluding hydrogens is 549 g/mol. The number of hydrogen-bond acceptors (Lipinski definition) is 4. The van der Waals surface area contributed by atoms with Gasteiger partial charge in [-0.1, -0.05) is 43.1 Å². The third-order valence-corrected chi connectivity index (χ3v) is 8.08. The Bertz CT molecular complexity index is 1050. The number of likely N-dealkylation sites (tertiary alicyclic amines) is 1. The third kappa shape index (κ3) is 8.47. The standard InChI is InChI=1S/C28H39Cl2N3O4.ClH/c1-18(2)24(32-28(34)31-21-15-25(35-4)27(37-6)26(16-21)36-5)17-33(3)11-9-19(10-12-33)13-20-7-8-22(29)23(30)14-20;/h7-8,14-16,18-19,24H,9-13,17H2,1-6H3,(H-,31,32,34);1H/t19?,24-,33?;/m1./s1. The lowest BCUT2D eigenvalue weighted by Crippen LogP contribution is -3.00. The number of likely N-dealkylation sites (N-methyl/N-ethyl adjacent to an activating group) is 1. The molecule has 0 unspecified atom stereocenters. The number of halogens is 3. The summed E-state index contributed by atoms with van der Waals surface area (Å²) in [6.07, 6.45) is 3.29. The van der Waals surface area contributed by atoms with Gasteiger partial charge in [-0.25, -0.2) is 4.79 Å². The minimum atomic E-state index is -0.255. The van der Waals surface area contributed by atoms with E-state index in [0.29, 0.717) is 38.9 Å². The summed E-state index contributed by atoms with van der Waals surface area (Å²) in [5.74, 6) is 2.36. The normalized spacial score (nSPS) is 19.8. The SMILES string of the molecule is COc1cc(NC(=O)N[C@H](C[N+]2(C)CCC(Cc3ccc(Cl)c(Cl)c3)CC2)C(C)C)cc(OC)c1OC.[Cl-]. The smallest absolute Gasteiger partial charge is 0.319 e. The molecule has 10 heteroatoms. The van der Waals surface area contributed by atoms with Gasteiger partial charge in [0.25, 0.3) is 0 Å². The Hall–Kier alpha value is -2.06. The third-order valence-electron chi connectivity index (χ3n) is 7.34. The number of hydrogen-bond donors (Lipinski definition) is 2. The number of amides is 2. The van der Waals surface area contributed by atoms with Gasteiger partial charge in [0.1, 0.15) is 0 Å². The Morgan fingerprint density at radius 2 is 1.61 bits per heavy atom. The van der Waals surface area contributed by atoms with Crippen LogP contribution >= 0.6 is 23.2 Å². The molecule has 1 aliphatic heterocycles. The highest BCUT2D eigenvalue weighted by molar-refractivity contribution is 6.42. The quantitative estimate of drug-likeness (QED) is 0.418. The summed E-state index contributed by atoms with van der Waals surface area (Å²) < 4.78 is 17.1. The number of anilines is 1. The van der Waals surface area contributed by atoms with Crippen LogP contribution in [0.4, 0.5) is 10.5 Å². The molecule has 2 amide bonds. The van der Waals surface area contributed by atoms with Crippen LogP contribution in [0, 0.1) is 11.8 Å². The predicted octanol–water partition coefficient (Wildman–Crippen LogP) is 3.27. The first-order valence-corrected chi connectivity index (χ1v) is 13.5. The van der Waals surface area contributed by atoms with E-state index in [4.69, 9.17) is 37.4 Å².